The summed E-state index contributed by atoms with van der Waals surface area (Å²) >= 11 is 1.75. The number of fused-ring (bicyclic) bond motifs is 4. The second-order valence-corrected chi connectivity index (χ2v) is 14.6. The number of carbonyl (C=O) groups is 1. The van der Waals surface area contributed by atoms with Crippen molar-refractivity contribution in [2.45, 2.75) is 90.5 Å². The maximum Gasteiger partial charge on any atom is 0.165 e. The first kappa shape index (κ1) is 30.7. The summed E-state index contributed by atoms with van der Waals surface area (Å²) in [6.45, 7) is 11.1. The Hall–Kier alpha value is -2.36. The molecular formula is C35H49N5O2S. The van der Waals surface area contributed by atoms with Crippen LogP contribution in [0.25, 0.3) is 22.2 Å². The third-order valence-corrected chi connectivity index (χ3v) is 10.8. The Kier molecular flexibility index (Phi) is 8.96. The largest absolute Gasteiger partial charge is 0.492 e. The van der Waals surface area contributed by atoms with Crippen molar-refractivity contribution in [1.29, 1.82) is 0 Å². The fraction of sp³-hybridized carbons (Fsp3) is 0.571. The van der Waals surface area contributed by atoms with E-state index in [0.717, 1.165) is 24.6 Å². The van der Waals surface area contributed by atoms with Crippen LogP contribution in [0.4, 0.5) is 0 Å². The van der Waals surface area contributed by atoms with Crippen molar-refractivity contribution < 1.29 is 9.53 Å². The number of hydrogen-bond donors (Lipinski definition) is 2. The summed E-state index contributed by atoms with van der Waals surface area (Å²) in [4.78, 5) is 15.5. The van der Waals surface area contributed by atoms with Gasteiger partial charge in [0.2, 0.25) is 0 Å². The zero-order chi connectivity index (χ0) is 30.3. The van der Waals surface area contributed by atoms with Gasteiger partial charge in [0.15, 0.2) is 5.78 Å². The van der Waals surface area contributed by atoms with Crippen LogP contribution in [0.3, 0.4) is 0 Å². The molecule has 2 aromatic carbocycles. The monoisotopic (exact) mass is 603 g/mol. The lowest BCUT2D eigenvalue weighted by atomic mass is 9.81. The Morgan fingerprint density at radius 2 is 1.95 bits per heavy atom. The standard InChI is InChI=1S/C35H49N5O2S/c1-23-11-10-14-30-33-32(27-12-8-7-9-13-27)29-16-15-26-19-31(29)39(33)21-28(22-42-34(23)30)24(2)36-35(4,25(3)41)37-40(20-26)43-18-17-38(5)6/h10-11,14-16,19,24,27-28,36-37H,7-9,12-13,17-18,20-22H2,1-6H3/t24?,28-,35?/m0/s1. The molecule has 0 amide bonds. The Balaban J connectivity index is 1.56. The molecule has 3 atom stereocenters. The van der Waals surface area contributed by atoms with Crippen molar-refractivity contribution in [1.82, 2.24) is 24.6 Å². The van der Waals surface area contributed by atoms with E-state index < -0.39 is 5.66 Å². The van der Waals surface area contributed by atoms with Crippen LogP contribution in [0.1, 0.15) is 75.5 Å². The molecule has 2 unspecified atom stereocenters. The lowest BCUT2D eigenvalue weighted by molar-refractivity contribution is -0.126. The molecule has 1 saturated carbocycles. The average molecular weight is 604 g/mol. The molecule has 232 valence electrons. The topological polar surface area (TPSA) is 61.8 Å². The van der Waals surface area contributed by atoms with Crippen LogP contribution >= 0.6 is 11.9 Å². The van der Waals surface area contributed by atoms with E-state index >= 15 is 0 Å². The number of hydrazine groups is 1. The molecule has 0 saturated heterocycles. The van der Waals surface area contributed by atoms with E-state index in [-0.39, 0.29) is 17.7 Å². The number of nitrogens with one attached hydrogen (secondary N) is 2. The maximum atomic E-state index is 13.3. The first-order valence-corrected chi connectivity index (χ1v) is 17.1. The number of carbonyl (C=O) groups excluding carboxylic acids is 1. The summed E-state index contributed by atoms with van der Waals surface area (Å²) in [6, 6.07) is 13.8. The minimum absolute atomic E-state index is 0.0200. The van der Waals surface area contributed by atoms with Crippen LogP contribution in [0, 0.1) is 12.8 Å². The molecule has 4 bridgehead atoms. The number of nitrogens with zero attached hydrogens (tertiary/aromatic N) is 3. The second-order valence-electron chi connectivity index (χ2n) is 13.5. The molecule has 0 radical (unpaired) electrons. The molecule has 1 aliphatic carbocycles. The van der Waals surface area contributed by atoms with Gasteiger partial charge in [-0.1, -0.05) is 55.5 Å². The van der Waals surface area contributed by atoms with E-state index in [1.165, 1.54) is 71.0 Å². The highest BCUT2D eigenvalue weighted by atomic mass is 32.2. The highest BCUT2D eigenvalue weighted by molar-refractivity contribution is 7.96. The molecule has 3 aromatic rings. The van der Waals surface area contributed by atoms with Gasteiger partial charge < -0.3 is 14.2 Å². The summed E-state index contributed by atoms with van der Waals surface area (Å²) in [5.41, 5.74) is 10.5. The SMILES string of the molecule is CC(=O)C1(C)NC(C)[C@@H]2COc3c(C)cccc3-c3c(C4CCCCC4)c4ccc(cc4n3C2)CN(SCCN(C)C)N1. The van der Waals surface area contributed by atoms with Crippen LogP contribution in [-0.2, 0) is 17.9 Å². The molecule has 2 N–H and O–H groups in total. The number of Topliss-reactive ketones (excluding diaryl/α,β-unsaturated/α-hetero) is 1. The average Bonchev–Trinajstić information content (AvgIpc) is 3.26. The Labute approximate surface area is 261 Å². The van der Waals surface area contributed by atoms with Gasteiger partial charge in [0, 0.05) is 53.8 Å². The summed E-state index contributed by atoms with van der Waals surface area (Å²) in [6.07, 6.45) is 6.42. The van der Waals surface area contributed by atoms with E-state index in [0.29, 0.717) is 19.1 Å². The first-order valence-electron chi connectivity index (χ1n) is 16.1. The number of para-hydroxylation sites is 1. The predicted molar refractivity (Wildman–Crippen MR) is 178 cm³/mol. The number of hydrogen-bond acceptors (Lipinski definition) is 7. The van der Waals surface area contributed by atoms with Gasteiger partial charge in [0.1, 0.15) is 11.4 Å². The van der Waals surface area contributed by atoms with E-state index in [2.05, 4.69) is 89.0 Å². The van der Waals surface area contributed by atoms with Crippen molar-refractivity contribution in [3.8, 4) is 17.0 Å². The molecule has 1 aromatic heterocycles. The van der Waals surface area contributed by atoms with Gasteiger partial charge in [0.05, 0.1) is 12.3 Å². The number of ketones is 1. The van der Waals surface area contributed by atoms with Gasteiger partial charge in [0.25, 0.3) is 0 Å². The maximum absolute atomic E-state index is 13.3. The van der Waals surface area contributed by atoms with Crippen molar-refractivity contribution in [3.63, 3.8) is 0 Å². The number of aromatic nitrogens is 1. The molecule has 3 heterocycles. The smallest absolute Gasteiger partial charge is 0.165 e. The molecular weight excluding hydrogens is 554 g/mol. The van der Waals surface area contributed by atoms with E-state index in [9.17, 15) is 4.79 Å². The molecule has 43 heavy (non-hydrogen) atoms. The van der Waals surface area contributed by atoms with E-state index in [1.54, 1.807) is 18.9 Å². The van der Waals surface area contributed by atoms with Crippen molar-refractivity contribution in [2.75, 3.05) is 33.0 Å². The lowest BCUT2D eigenvalue weighted by Crippen LogP contribution is -2.66. The Morgan fingerprint density at radius 3 is 2.70 bits per heavy atom. The molecule has 1 fully saturated rings. The normalized spacial score (nSPS) is 25.2. The summed E-state index contributed by atoms with van der Waals surface area (Å²) < 4.78 is 11.5. The van der Waals surface area contributed by atoms with Crippen molar-refractivity contribution in [2.24, 2.45) is 5.92 Å². The fourth-order valence-electron chi connectivity index (χ4n) is 7.27. The third kappa shape index (κ3) is 6.14. The highest BCUT2D eigenvalue weighted by Gasteiger charge is 2.38. The quantitative estimate of drug-likeness (QED) is 0.313. The van der Waals surface area contributed by atoms with Gasteiger partial charge in [-0.05, 0) is 89.4 Å². The van der Waals surface area contributed by atoms with Crippen LogP contribution in [-0.4, -0.2) is 64.4 Å². The van der Waals surface area contributed by atoms with Gasteiger partial charge in [-0.15, -0.1) is 0 Å². The van der Waals surface area contributed by atoms with Crippen LogP contribution in [0.15, 0.2) is 36.4 Å². The number of benzene rings is 2. The Bertz CT molecular complexity index is 1480. The molecule has 2 aliphatic heterocycles. The molecule has 8 heteroatoms. The molecule has 6 rings (SSSR count). The first-order chi connectivity index (χ1) is 20.6. The zero-order valence-corrected chi connectivity index (χ0v) is 27.7. The molecule has 7 nitrogen and oxygen atoms in total. The minimum atomic E-state index is -0.917. The summed E-state index contributed by atoms with van der Waals surface area (Å²) in [7, 11) is 4.20. The summed E-state index contributed by atoms with van der Waals surface area (Å²) in [5, 5.41) is 5.14. The molecule has 0 spiro atoms. The Morgan fingerprint density at radius 1 is 1.16 bits per heavy atom. The van der Waals surface area contributed by atoms with Crippen LogP contribution in [0.2, 0.25) is 0 Å². The van der Waals surface area contributed by atoms with Gasteiger partial charge in [-0.3, -0.25) is 10.1 Å². The lowest BCUT2D eigenvalue weighted by Gasteiger charge is -2.40. The van der Waals surface area contributed by atoms with Crippen molar-refractivity contribution >= 4 is 28.6 Å². The van der Waals surface area contributed by atoms with Gasteiger partial charge >= 0.3 is 0 Å². The third-order valence-electron chi connectivity index (χ3n) is 9.90. The van der Waals surface area contributed by atoms with Crippen LogP contribution < -0.4 is 15.5 Å². The predicted octanol–water partition coefficient (Wildman–Crippen LogP) is 6.49. The van der Waals surface area contributed by atoms with Crippen LogP contribution in [0.5, 0.6) is 5.75 Å². The zero-order valence-electron chi connectivity index (χ0n) is 26.8. The fourth-order valence-corrected chi connectivity index (χ4v) is 8.42. The van der Waals surface area contributed by atoms with Gasteiger partial charge in [-0.2, -0.15) is 4.41 Å². The number of aryl methyl sites for hydroxylation is 1. The highest BCUT2D eigenvalue weighted by Crippen LogP contribution is 2.48. The number of ether oxygens (including phenoxy) is 1. The molecule has 3 aliphatic rings. The van der Waals surface area contributed by atoms with Crippen molar-refractivity contribution in [3.05, 3.63) is 53.1 Å². The van der Waals surface area contributed by atoms with Gasteiger partial charge in [-0.25, -0.2) is 5.43 Å². The number of rotatable bonds is 6. The minimum Gasteiger partial charge on any atom is -0.492 e. The summed E-state index contributed by atoms with van der Waals surface area (Å²) in [5.74, 6) is 2.70. The second kappa shape index (κ2) is 12.6. The van der Waals surface area contributed by atoms with E-state index in [1.807, 2.05) is 6.92 Å². The van der Waals surface area contributed by atoms with E-state index in [4.69, 9.17) is 4.74 Å².